The van der Waals surface area contributed by atoms with E-state index in [2.05, 4.69) is 48.2 Å². The molecule has 0 aliphatic carbocycles. The monoisotopic (exact) mass is 401 g/mol. The van der Waals surface area contributed by atoms with Crippen LogP contribution in [0, 0.1) is 6.92 Å². The molecule has 1 aliphatic heterocycles. The Morgan fingerprint density at radius 1 is 1.00 bits per heavy atom. The summed E-state index contributed by atoms with van der Waals surface area (Å²) in [5.74, 6) is -0.401. The van der Waals surface area contributed by atoms with Crippen LogP contribution in [0.4, 0.5) is 0 Å². The van der Waals surface area contributed by atoms with Crippen LogP contribution in [0.15, 0.2) is 48.5 Å². The SMILES string of the molecule is Cc1ccccc1CN1CCc2ccccc2C1P(=O)(OC(C)C)OC(C)C. The summed E-state index contributed by atoms with van der Waals surface area (Å²) in [6.45, 7) is 11.3. The van der Waals surface area contributed by atoms with Gasteiger partial charge in [0.25, 0.3) is 0 Å². The van der Waals surface area contributed by atoms with Crippen molar-refractivity contribution in [1.82, 2.24) is 4.90 Å². The highest BCUT2D eigenvalue weighted by molar-refractivity contribution is 7.54. The molecule has 0 amide bonds. The van der Waals surface area contributed by atoms with Gasteiger partial charge in [0.15, 0.2) is 0 Å². The van der Waals surface area contributed by atoms with Crippen molar-refractivity contribution in [2.75, 3.05) is 6.54 Å². The molecule has 5 heteroatoms. The Morgan fingerprint density at radius 3 is 2.25 bits per heavy atom. The Hall–Kier alpha value is -1.45. The second-order valence-electron chi connectivity index (χ2n) is 8.07. The van der Waals surface area contributed by atoms with Crippen LogP contribution < -0.4 is 0 Å². The average molecular weight is 401 g/mol. The fourth-order valence-corrected chi connectivity index (χ4v) is 6.51. The molecule has 1 heterocycles. The molecule has 0 saturated heterocycles. The zero-order valence-corrected chi connectivity index (χ0v) is 18.5. The number of fused-ring (bicyclic) bond motifs is 1. The second-order valence-corrected chi connectivity index (χ2v) is 10.1. The molecule has 0 bridgehead atoms. The quantitative estimate of drug-likeness (QED) is 0.526. The van der Waals surface area contributed by atoms with Crippen molar-refractivity contribution in [3.05, 3.63) is 70.8 Å². The highest BCUT2D eigenvalue weighted by Crippen LogP contribution is 2.65. The van der Waals surface area contributed by atoms with Crippen LogP contribution in [0.3, 0.4) is 0 Å². The second kappa shape index (κ2) is 8.92. The lowest BCUT2D eigenvalue weighted by Gasteiger charge is -2.41. The van der Waals surface area contributed by atoms with E-state index >= 15 is 0 Å². The maximum Gasteiger partial charge on any atom is 0.352 e. The number of hydrogen-bond donors (Lipinski definition) is 0. The summed E-state index contributed by atoms with van der Waals surface area (Å²) in [4.78, 5) is 2.27. The minimum Gasteiger partial charge on any atom is -0.304 e. The van der Waals surface area contributed by atoms with Crippen LogP contribution in [-0.4, -0.2) is 23.7 Å². The molecule has 0 radical (unpaired) electrons. The molecule has 0 saturated carbocycles. The average Bonchev–Trinajstić information content (AvgIpc) is 2.61. The first-order chi connectivity index (χ1) is 13.3. The molecule has 28 heavy (non-hydrogen) atoms. The lowest BCUT2D eigenvalue weighted by molar-refractivity contribution is 0.106. The number of nitrogens with zero attached hydrogens (tertiary/aromatic N) is 1. The Bertz CT molecular complexity index is 835. The largest absolute Gasteiger partial charge is 0.352 e. The molecule has 0 spiro atoms. The fraction of sp³-hybridized carbons (Fsp3) is 0.478. The molecule has 0 aromatic heterocycles. The van der Waals surface area contributed by atoms with Gasteiger partial charge in [0.1, 0.15) is 5.78 Å². The van der Waals surface area contributed by atoms with Gasteiger partial charge < -0.3 is 9.05 Å². The summed E-state index contributed by atoms with van der Waals surface area (Å²) in [6, 6.07) is 16.6. The summed E-state index contributed by atoms with van der Waals surface area (Å²) in [6.07, 6.45) is 0.569. The molecule has 4 nitrogen and oxygen atoms in total. The van der Waals surface area contributed by atoms with Gasteiger partial charge in [-0.25, -0.2) is 0 Å². The first kappa shape index (κ1) is 21.3. The third-order valence-electron chi connectivity index (χ3n) is 5.00. The third kappa shape index (κ3) is 4.75. The number of hydrogen-bond acceptors (Lipinski definition) is 4. The predicted molar refractivity (Wildman–Crippen MR) is 115 cm³/mol. The minimum absolute atomic E-state index is 0.181. The number of aryl methyl sites for hydroxylation is 1. The Balaban J connectivity index is 2.06. The molecule has 1 atom stereocenters. The van der Waals surface area contributed by atoms with E-state index in [0.29, 0.717) is 0 Å². The Kier molecular flexibility index (Phi) is 6.77. The fourth-order valence-electron chi connectivity index (χ4n) is 3.87. The van der Waals surface area contributed by atoms with Crippen molar-refractivity contribution in [3.63, 3.8) is 0 Å². The van der Waals surface area contributed by atoms with Gasteiger partial charge in [0, 0.05) is 13.1 Å². The smallest absolute Gasteiger partial charge is 0.304 e. The van der Waals surface area contributed by atoms with Crippen molar-refractivity contribution in [1.29, 1.82) is 0 Å². The van der Waals surface area contributed by atoms with Crippen molar-refractivity contribution in [3.8, 4) is 0 Å². The molecule has 152 valence electrons. The van der Waals surface area contributed by atoms with Gasteiger partial charge in [-0.3, -0.25) is 9.46 Å². The molecule has 1 aliphatic rings. The lowest BCUT2D eigenvalue weighted by Crippen LogP contribution is -2.36. The number of benzene rings is 2. The van der Waals surface area contributed by atoms with E-state index in [9.17, 15) is 4.57 Å². The van der Waals surface area contributed by atoms with E-state index in [1.165, 1.54) is 16.7 Å². The van der Waals surface area contributed by atoms with E-state index < -0.39 is 13.4 Å². The maximum atomic E-state index is 14.2. The van der Waals surface area contributed by atoms with Crippen molar-refractivity contribution in [2.24, 2.45) is 0 Å². The molecule has 0 fully saturated rings. The van der Waals surface area contributed by atoms with Crippen LogP contribution in [0.25, 0.3) is 0 Å². The van der Waals surface area contributed by atoms with E-state index in [-0.39, 0.29) is 12.2 Å². The Morgan fingerprint density at radius 2 is 1.61 bits per heavy atom. The van der Waals surface area contributed by atoms with Crippen molar-refractivity contribution < 1.29 is 13.6 Å². The predicted octanol–water partition coefficient (Wildman–Crippen LogP) is 6.10. The zero-order chi connectivity index (χ0) is 20.3. The summed E-state index contributed by atoms with van der Waals surface area (Å²) >= 11 is 0. The van der Waals surface area contributed by atoms with Crippen molar-refractivity contribution in [2.45, 2.75) is 65.6 Å². The van der Waals surface area contributed by atoms with E-state index in [4.69, 9.17) is 9.05 Å². The maximum absolute atomic E-state index is 14.2. The van der Waals surface area contributed by atoms with Gasteiger partial charge in [-0.15, -0.1) is 0 Å². The first-order valence-electron chi connectivity index (χ1n) is 10.1. The Labute approximate surface area is 169 Å². The van der Waals surface area contributed by atoms with Crippen LogP contribution >= 0.6 is 7.60 Å². The van der Waals surface area contributed by atoms with Crippen molar-refractivity contribution >= 4 is 7.60 Å². The molecule has 0 N–H and O–H groups in total. The zero-order valence-electron chi connectivity index (χ0n) is 17.6. The van der Waals surface area contributed by atoms with Crippen LogP contribution in [0.1, 0.15) is 55.7 Å². The molecule has 2 aromatic carbocycles. The molecular formula is C23H32NO3P. The van der Waals surface area contributed by atoms with Gasteiger partial charge in [-0.1, -0.05) is 48.5 Å². The highest BCUT2D eigenvalue weighted by Gasteiger charge is 2.45. The topological polar surface area (TPSA) is 38.8 Å². The highest BCUT2D eigenvalue weighted by atomic mass is 31.2. The van der Waals surface area contributed by atoms with Gasteiger partial charge in [-0.2, -0.15) is 0 Å². The van der Waals surface area contributed by atoms with Gasteiger partial charge >= 0.3 is 7.60 Å². The third-order valence-corrected chi connectivity index (χ3v) is 7.63. The number of rotatable bonds is 7. The van der Waals surface area contributed by atoms with Gasteiger partial charge in [0.05, 0.1) is 12.2 Å². The summed E-state index contributed by atoms with van der Waals surface area (Å²) < 4.78 is 26.2. The first-order valence-corrected chi connectivity index (χ1v) is 11.7. The summed E-state index contributed by atoms with van der Waals surface area (Å²) in [7, 11) is -3.42. The van der Waals surface area contributed by atoms with Crippen LogP contribution in [0.2, 0.25) is 0 Å². The van der Waals surface area contributed by atoms with E-state index in [1.54, 1.807) is 0 Å². The normalized spacial score (nSPS) is 17.9. The summed E-state index contributed by atoms with van der Waals surface area (Å²) in [5.41, 5.74) is 4.78. The van der Waals surface area contributed by atoms with Gasteiger partial charge in [0.2, 0.25) is 0 Å². The summed E-state index contributed by atoms with van der Waals surface area (Å²) in [5, 5.41) is 0. The molecular weight excluding hydrogens is 369 g/mol. The standard InChI is InChI=1S/C23H32NO3P/c1-17(2)26-28(25,27-18(3)4)23-22-13-9-8-11-20(22)14-15-24(23)16-21-12-7-6-10-19(21)5/h6-13,17-18,23H,14-16H2,1-5H3. The molecule has 2 aromatic rings. The van der Waals surface area contributed by atoms with Gasteiger partial charge in [-0.05, 0) is 63.3 Å². The minimum atomic E-state index is -3.42. The van der Waals surface area contributed by atoms with E-state index in [0.717, 1.165) is 25.1 Å². The lowest BCUT2D eigenvalue weighted by atomic mass is 9.98. The van der Waals surface area contributed by atoms with E-state index in [1.807, 2.05) is 39.8 Å². The molecule has 3 rings (SSSR count). The molecule has 1 unspecified atom stereocenters. The van der Waals surface area contributed by atoms with Crippen LogP contribution in [0.5, 0.6) is 0 Å². The van der Waals surface area contributed by atoms with Crippen LogP contribution in [-0.2, 0) is 26.6 Å².